The third-order valence-electron chi connectivity index (χ3n) is 4.30. The van der Waals surface area contributed by atoms with Crippen LogP contribution in [0, 0.1) is 6.92 Å². The van der Waals surface area contributed by atoms with Gasteiger partial charge in [0, 0.05) is 5.69 Å². The average Bonchev–Trinajstić information content (AvgIpc) is 3.11. The predicted octanol–water partition coefficient (Wildman–Crippen LogP) is 4.12. The molecule has 1 aromatic heterocycles. The molecule has 0 radical (unpaired) electrons. The Balaban J connectivity index is 1.48. The van der Waals surface area contributed by atoms with E-state index in [0.717, 1.165) is 44.9 Å². The molecule has 1 heterocycles. The molecule has 3 aromatic rings. The number of nitrogens with one attached hydrogen (secondary N) is 2. The quantitative estimate of drug-likeness (QED) is 0.657. The first-order valence-corrected chi connectivity index (χ1v) is 8.67. The Kier molecular flexibility index (Phi) is 3.61. The first-order valence-electron chi connectivity index (χ1n) is 7.85. The summed E-state index contributed by atoms with van der Waals surface area (Å²) in [6.45, 7) is 1.97. The molecule has 24 heavy (non-hydrogen) atoms. The lowest BCUT2D eigenvalue weighted by Gasteiger charge is -2.15. The van der Waals surface area contributed by atoms with Crippen LogP contribution in [0.1, 0.15) is 28.6 Å². The fourth-order valence-corrected chi connectivity index (χ4v) is 4.04. The lowest BCUT2D eigenvalue weighted by atomic mass is 10.1. The number of rotatable bonds is 2. The maximum absolute atomic E-state index is 12.3. The zero-order valence-corrected chi connectivity index (χ0v) is 14.0. The molecule has 0 saturated heterocycles. The highest BCUT2D eigenvalue weighted by atomic mass is 32.1. The van der Waals surface area contributed by atoms with Crippen LogP contribution in [0.15, 0.2) is 36.4 Å². The summed E-state index contributed by atoms with van der Waals surface area (Å²) in [5, 5.41) is 16.7. The summed E-state index contributed by atoms with van der Waals surface area (Å²) in [4.78, 5) is 16.7. The molecule has 6 heteroatoms. The van der Waals surface area contributed by atoms with Crippen molar-refractivity contribution in [3.8, 4) is 5.75 Å². The van der Waals surface area contributed by atoms with E-state index >= 15 is 0 Å². The summed E-state index contributed by atoms with van der Waals surface area (Å²) in [6.07, 6.45) is 1.57. The molecule has 1 aliphatic rings. The summed E-state index contributed by atoms with van der Waals surface area (Å²) in [6, 6.07) is 10.9. The Morgan fingerprint density at radius 2 is 2.21 bits per heavy atom. The minimum Gasteiger partial charge on any atom is -0.508 e. The molecule has 1 unspecified atom stereocenters. The molecular formula is C18H17N3O2S. The van der Waals surface area contributed by atoms with Gasteiger partial charge in [-0.1, -0.05) is 12.1 Å². The molecule has 0 fully saturated rings. The Morgan fingerprint density at radius 1 is 1.33 bits per heavy atom. The van der Waals surface area contributed by atoms with E-state index < -0.39 is 0 Å². The van der Waals surface area contributed by atoms with Crippen LogP contribution in [0.3, 0.4) is 0 Å². The van der Waals surface area contributed by atoms with E-state index in [1.54, 1.807) is 17.4 Å². The molecule has 2 aromatic carbocycles. The van der Waals surface area contributed by atoms with Crippen LogP contribution in [-0.4, -0.2) is 16.1 Å². The standard InChI is InChI=1S/C18H17N3O2S/c1-10-19-15-9-11(5-8-17(15)24-10)20-18(23)21-14-7-6-13-12(14)3-2-4-16(13)22/h2-5,8-9,14,22H,6-7H2,1H3,(H2,20,21,23). The van der Waals surface area contributed by atoms with Crippen molar-refractivity contribution in [3.05, 3.63) is 52.5 Å². The molecule has 1 atom stereocenters. The number of phenolic OH excluding ortho intramolecular Hbond substituents is 1. The highest BCUT2D eigenvalue weighted by molar-refractivity contribution is 7.18. The van der Waals surface area contributed by atoms with Gasteiger partial charge in [-0.2, -0.15) is 0 Å². The third-order valence-corrected chi connectivity index (χ3v) is 5.26. The lowest BCUT2D eigenvalue weighted by molar-refractivity contribution is 0.248. The number of aromatic nitrogens is 1. The molecule has 5 nitrogen and oxygen atoms in total. The summed E-state index contributed by atoms with van der Waals surface area (Å²) in [5.74, 6) is 0.307. The second-order valence-corrected chi connectivity index (χ2v) is 7.18. The van der Waals surface area contributed by atoms with Crippen molar-refractivity contribution in [3.63, 3.8) is 0 Å². The zero-order valence-electron chi connectivity index (χ0n) is 13.2. The second-order valence-electron chi connectivity index (χ2n) is 5.95. The topological polar surface area (TPSA) is 74.2 Å². The van der Waals surface area contributed by atoms with Gasteiger partial charge < -0.3 is 15.7 Å². The fourth-order valence-electron chi connectivity index (χ4n) is 3.23. The highest BCUT2D eigenvalue weighted by Gasteiger charge is 2.25. The maximum atomic E-state index is 12.3. The van der Waals surface area contributed by atoms with Crippen molar-refractivity contribution in [2.75, 3.05) is 5.32 Å². The first kappa shape index (κ1) is 15.0. The molecule has 3 N–H and O–H groups in total. The van der Waals surface area contributed by atoms with E-state index in [-0.39, 0.29) is 12.1 Å². The van der Waals surface area contributed by atoms with Gasteiger partial charge in [-0.05, 0) is 55.2 Å². The molecule has 2 amide bonds. The Labute approximate surface area is 143 Å². The van der Waals surface area contributed by atoms with Crippen molar-refractivity contribution in [2.45, 2.75) is 25.8 Å². The van der Waals surface area contributed by atoms with E-state index in [1.807, 2.05) is 37.3 Å². The molecule has 0 bridgehead atoms. The van der Waals surface area contributed by atoms with Gasteiger partial charge in [0.05, 0.1) is 21.3 Å². The number of hydrogen-bond acceptors (Lipinski definition) is 4. The van der Waals surface area contributed by atoms with E-state index in [2.05, 4.69) is 15.6 Å². The highest BCUT2D eigenvalue weighted by Crippen LogP contribution is 2.36. The van der Waals surface area contributed by atoms with Crippen molar-refractivity contribution in [2.24, 2.45) is 0 Å². The second kappa shape index (κ2) is 5.79. The number of amides is 2. The molecule has 1 aliphatic carbocycles. The largest absolute Gasteiger partial charge is 0.508 e. The number of aryl methyl sites for hydroxylation is 1. The molecule has 0 saturated carbocycles. The van der Waals surface area contributed by atoms with Crippen molar-refractivity contribution >= 4 is 33.3 Å². The predicted molar refractivity (Wildman–Crippen MR) is 95.7 cm³/mol. The van der Waals surface area contributed by atoms with Crippen LogP contribution >= 0.6 is 11.3 Å². The minimum atomic E-state index is -0.248. The molecule has 0 spiro atoms. The lowest BCUT2D eigenvalue weighted by Crippen LogP contribution is -2.31. The van der Waals surface area contributed by atoms with Gasteiger partial charge >= 0.3 is 6.03 Å². The van der Waals surface area contributed by atoms with Gasteiger partial charge in [-0.25, -0.2) is 9.78 Å². The number of phenols is 1. The third kappa shape index (κ3) is 2.69. The van der Waals surface area contributed by atoms with Gasteiger partial charge in [-0.15, -0.1) is 11.3 Å². The Bertz CT molecular complexity index is 935. The Hall–Kier alpha value is -2.60. The van der Waals surface area contributed by atoms with Gasteiger partial charge in [0.15, 0.2) is 0 Å². The van der Waals surface area contributed by atoms with Gasteiger partial charge in [0.25, 0.3) is 0 Å². The van der Waals surface area contributed by atoms with Crippen LogP contribution < -0.4 is 10.6 Å². The van der Waals surface area contributed by atoms with E-state index in [4.69, 9.17) is 0 Å². The number of fused-ring (bicyclic) bond motifs is 2. The number of aromatic hydroxyl groups is 1. The number of nitrogens with zero attached hydrogens (tertiary/aromatic N) is 1. The normalized spacial score (nSPS) is 16.1. The van der Waals surface area contributed by atoms with Gasteiger partial charge in [-0.3, -0.25) is 0 Å². The number of benzene rings is 2. The summed E-state index contributed by atoms with van der Waals surface area (Å²) in [5.41, 5.74) is 3.55. The SMILES string of the molecule is Cc1nc2cc(NC(=O)NC3CCc4c(O)cccc43)ccc2s1. The average molecular weight is 339 g/mol. The van der Waals surface area contributed by atoms with E-state index in [9.17, 15) is 9.90 Å². The maximum Gasteiger partial charge on any atom is 0.319 e. The summed E-state index contributed by atoms with van der Waals surface area (Å²) < 4.78 is 1.11. The molecular weight excluding hydrogens is 322 g/mol. The number of hydrogen-bond donors (Lipinski definition) is 3. The van der Waals surface area contributed by atoms with Crippen LogP contribution in [-0.2, 0) is 6.42 Å². The Morgan fingerprint density at radius 3 is 3.08 bits per heavy atom. The van der Waals surface area contributed by atoms with Crippen molar-refractivity contribution in [1.82, 2.24) is 10.3 Å². The summed E-state index contributed by atoms with van der Waals surface area (Å²) in [7, 11) is 0. The van der Waals surface area contributed by atoms with E-state index in [1.165, 1.54) is 0 Å². The van der Waals surface area contributed by atoms with Crippen molar-refractivity contribution < 1.29 is 9.90 Å². The van der Waals surface area contributed by atoms with Crippen molar-refractivity contribution in [1.29, 1.82) is 0 Å². The monoisotopic (exact) mass is 339 g/mol. The molecule has 122 valence electrons. The number of carbonyl (C=O) groups is 1. The van der Waals surface area contributed by atoms with Crippen LogP contribution in [0.5, 0.6) is 5.75 Å². The number of anilines is 1. The van der Waals surface area contributed by atoms with Crippen LogP contribution in [0.4, 0.5) is 10.5 Å². The van der Waals surface area contributed by atoms with Gasteiger partial charge in [0.1, 0.15) is 5.75 Å². The van der Waals surface area contributed by atoms with Crippen LogP contribution in [0.25, 0.3) is 10.2 Å². The molecule has 4 rings (SSSR count). The van der Waals surface area contributed by atoms with Crippen LogP contribution in [0.2, 0.25) is 0 Å². The smallest absolute Gasteiger partial charge is 0.319 e. The fraction of sp³-hybridized carbons (Fsp3) is 0.222. The molecule has 0 aliphatic heterocycles. The summed E-state index contributed by atoms with van der Waals surface area (Å²) >= 11 is 1.64. The minimum absolute atomic E-state index is 0.0719. The van der Waals surface area contributed by atoms with Gasteiger partial charge in [0.2, 0.25) is 0 Å². The number of thiazole rings is 1. The first-order chi connectivity index (χ1) is 11.6. The number of urea groups is 1. The zero-order chi connectivity index (χ0) is 16.7. The van der Waals surface area contributed by atoms with E-state index in [0.29, 0.717) is 5.75 Å². The number of carbonyl (C=O) groups excluding carboxylic acids is 1.